The van der Waals surface area contributed by atoms with Crippen molar-refractivity contribution in [2.45, 2.75) is 4.75 Å². The Morgan fingerprint density at radius 2 is 1.07 bits per heavy atom. The molecule has 10 heteroatoms. The Morgan fingerprint density at radius 1 is 0.655 bits per heavy atom. The first-order valence-corrected chi connectivity index (χ1v) is 10.8. The summed E-state index contributed by atoms with van der Waals surface area (Å²) in [5, 5.41) is 20.4. The van der Waals surface area contributed by atoms with Crippen molar-refractivity contribution in [1.29, 1.82) is 0 Å². The molecule has 0 saturated carbocycles. The first-order valence-electron chi connectivity index (χ1n) is 7.88. The molecule has 0 aliphatic rings. The van der Waals surface area contributed by atoms with E-state index in [-0.39, 0.29) is 36.8 Å². The normalized spacial score (nSPS) is 12.2. The second-order valence-electron chi connectivity index (χ2n) is 6.15. The summed E-state index contributed by atoms with van der Waals surface area (Å²) < 4.78 is 34.0. The number of halogens is 4. The van der Waals surface area contributed by atoms with Crippen LogP contribution in [0, 0.1) is 0 Å². The fraction of sp³-hybridized carbons (Fsp3) is 0.0526. The number of hydrogen-bond donors (Lipinski definition) is 3. The van der Waals surface area contributed by atoms with Gasteiger partial charge in [0.2, 0.25) is 0 Å². The van der Waals surface area contributed by atoms with Gasteiger partial charge < -0.3 is 10.2 Å². The minimum Gasteiger partial charge on any atom is -0.506 e. The monoisotopic (exact) mass is 492 g/mol. The zero-order valence-electron chi connectivity index (χ0n) is 14.3. The van der Waals surface area contributed by atoms with Crippen molar-refractivity contribution in [2.75, 3.05) is 0 Å². The van der Waals surface area contributed by atoms with E-state index < -0.39 is 26.4 Å². The summed E-state index contributed by atoms with van der Waals surface area (Å²) in [6.45, 7) is 0. The van der Waals surface area contributed by atoms with Crippen LogP contribution < -0.4 is 0 Å². The smallest absolute Gasteiger partial charge is 0.283 e. The van der Waals surface area contributed by atoms with Crippen molar-refractivity contribution in [1.82, 2.24) is 0 Å². The molecular weight excluding hydrogens is 482 g/mol. The lowest BCUT2D eigenvalue weighted by Crippen LogP contribution is -2.38. The Kier molecular flexibility index (Phi) is 5.98. The van der Waals surface area contributed by atoms with Gasteiger partial charge in [-0.15, -0.1) is 0 Å². The Balaban J connectivity index is 2.55. The molecule has 0 aromatic heterocycles. The van der Waals surface area contributed by atoms with Crippen LogP contribution in [0.5, 0.6) is 11.5 Å². The minimum atomic E-state index is -5.00. The van der Waals surface area contributed by atoms with Crippen LogP contribution in [0.1, 0.15) is 16.7 Å². The van der Waals surface area contributed by atoms with Gasteiger partial charge in [0.1, 0.15) is 11.5 Å². The number of benzene rings is 3. The molecule has 0 atom stereocenters. The van der Waals surface area contributed by atoms with Crippen LogP contribution in [0.25, 0.3) is 0 Å². The number of rotatable bonds is 4. The van der Waals surface area contributed by atoms with Gasteiger partial charge in [0, 0.05) is 10.0 Å². The topological polar surface area (TPSA) is 94.8 Å². The Labute approximate surface area is 186 Å². The van der Waals surface area contributed by atoms with Crippen LogP contribution in [-0.2, 0) is 14.9 Å². The molecule has 3 rings (SSSR count). The Bertz CT molecular complexity index is 1140. The highest BCUT2D eigenvalue weighted by molar-refractivity contribution is 7.87. The highest BCUT2D eigenvalue weighted by atomic mass is 35.5. The molecule has 0 aliphatic carbocycles. The van der Waals surface area contributed by atoms with E-state index in [4.69, 9.17) is 46.4 Å². The lowest BCUT2D eigenvalue weighted by atomic mass is 9.83. The fourth-order valence-corrected chi connectivity index (χ4v) is 5.19. The lowest BCUT2D eigenvalue weighted by molar-refractivity contribution is 0.455. The molecule has 0 spiro atoms. The first kappa shape index (κ1) is 22.0. The molecule has 5 nitrogen and oxygen atoms in total. The quantitative estimate of drug-likeness (QED) is 0.311. The summed E-state index contributed by atoms with van der Waals surface area (Å²) >= 11 is 23.9. The van der Waals surface area contributed by atoms with Crippen LogP contribution in [0.4, 0.5) is 0 Å². The Hall–Kier alpha value is -1.67. The zero-order chi connectivity index (χ0) is 21.6. The third kappa shape index (κ3) is 3.89. The lowest BCUT2D eigenvalue weighted by Gasteiger charge is -2.33. The fourth-order valence-electron chi connectivity index (χ4n) is 3.17. The van der Waals surface area contributed by atoms with Gasteiger partial charge in [0.15, 0.2) is 4.75 Å². The first-order chi connectivity index (χ1) is 13.5. The van der Waals surface area contributed by atoms with Gasteiger partial charge in [-0.25, -0.2) is 0 Å². The highest BCUT2D eigenvalue weighted by Crippen LogP contribution is 2.47. The molecule has 0 bridgehead atoms. The molecule has 0 radical (unpaired) electrons. The van der Waals surface area contributed by atoms with Crippen LogP contribution in [-0.4, -0.2) is 23.2 Å². The molecule has 3 N–H and O–H groups in total. The second kappa shape index (κ2) is 7.87. The largest absolute Gasteiger partial charge is 0.506 e. The summed E-state index contributed by atoms with van der Waals surface area (Å²) in [5.41, 5.74) is -0.162. The van der Waals surface area contributed by atoms with E-state index in [9.17, 15) is 23.2 Å². The van der Waals surface area contributed by atoms with Gasteiger partial charge in [-0.1, -0.05) is 58.5 Å². The van der Waals surface area contributed by atoms with Crippen LogP contribution in [0.3, 0.4) is 0 Å². The molecule has 0 aliphatic heterocycles. The maximum Gasteiger partial charge on any atom is 0.283 e. The van der Waals surface area contributed by atoms with Gasteiger partial charge in [0.25, 0.3) is 10.1 Å². The summed E-state index contributed by atoms with van der Waals surface area (Å²) in [4.78, 5) is 0. The molecule has 0 fully saturated rings. The van der Waals surface area contributed by atoms with Gasteiger partial charge in [-0.2, -0.15) is 8.42 Å². The maximum absolute atomic E-state index is 12.9. The van der Waals surface area contributed by atoms with Gasteiger partial charge in [0.05, 0.1) is 10.0 Å². The molecule has 0 heterocycles. The summed E-state index contributed by atoms with van der Waals surface area (Å²) in [7, 11) is -5.00. The number of hydrogen-bond acceptors (Lipinski definition) is 4. The standard InChI is InChI=1S/C19H12Cl4O5S/c20-13-5-12(6-14(21)9-13)19(29(26,27)28,10-1-3-15(22)17(24)7-10)11-2-4-16(23)18(25)8-11/h1-9,24-25H,(H,26,27,28). The van der Waals surface area contributed by atoms with Crippen molar-refractivity contribution in [3.63, 3.8) is 0 Å². The van der Waals surface area contributed by atoms with E-state index in [1.807, 2.05) is 0 Å². The van der Waals surface area contributed by atoms with Crippen LogP contribution in [0.15, 0.2) is 54.6 Å². The number of aromatic hydroxyl groups is 2. The predicted octanol–water partition coefficient (Wildman–Crippen LogP) is 5.89. The van der Waals surface area contributed by atoms with E-state index in [1.54, 1.807) is 0 Å². The molecule has 0 saturated heterocycles. The number of phenols is 2. The van der Waals surface area contributed by atoms with Crippen molar-refractivity contribution >= 4 is 56.5 Å². The molecule has 0 unspecified atom stereocenters. The molecule has 3 aromatic rings. The SMILES string of the molecule is O=S(=O)(O)C(c1cc(Cl)cc(Cl)c1)(c1ccc(Cl)c(O)c1)c1ccc(Cl)c(O)c1. The molecule has 0 amide bonds. The molecular formula is C19H12Cl4O5S. The molecule has 152 valence electrons. The number of phenolic OH excluding ortho intramolecular Hbond substituents is 2. The van der Waals surface area contributed by atoms with Crippen LogP contribution >= 0.6 is 46.4 Å². The van der Waals surface area contributed by atoms with E-state index in [2.05, 4.69) is 0 Å². The van der Waals surface area contributed by atoms with E-state index in [1.165, 1.54) is 42.5 Å². The average molecular weight is 494 g/mol. The van der Waals surface area contributed by atoms with Crippen molar-refractivity contribution < 1.29 is 23.2 Å². The molecule has 3 aromatic carbocycles. The predicted molar refractivity (Wildman–Crippen MR) is 114 cm³/mol. The van der Waals surface area contributed by atoms with E-state index in [0.717, 1.165) is 12.1 Å². The summed E-state index contributed by atoms with van der Waals surface area (Å²) in [6, 6.07) is 11.4. The Morgan fingerprint density at radius 3 is 1.41 bits per heavy atom. The van der Waals surface area contributed by atoms with E-state index in [0.29, 0.717) is 0 Å². The average Bonchev–Trinajstić information content (AvgIpc) is 2.59. The van der Waals surface area contributed by atoms with Crippen molar-refractivity contribution in [3.8, 4) is 11.5 Å². The second-order valence-corrected chi connectivity index (χ2v) is 9.40. The van der Waals surface area contributed by atoms with Gasteiger partial charge in [-0.05, 0) is 59.2 Å². The zero-order valence-corrected chi connectivity index (χ0v) is 18.1. The summed E-state index contributed by atoms with van der Waals surface area (Å²) in [6.07, 6.45) is 0. The third-order valence-electron chi connectivity index (χ3n) is 4.36. The highest BCUT2D eigenvalue weighted by Gasteiger charge is 2.49. The van der Waals surface area contributed by atoms with Crippen molar-refractivity contribution in [3.05, 3.63) is 91.4 Å². The van der Waals surface area contributed by atoms with E-state index >= 15 is 0 Å². The summed E-state index contributed by atoms with van der Waals surface area (Å²) in [5.74, 6) is -0.827. The van der Waals surface area contributed by atoms with Crippen molar-refractivity contribution in [2.24, 2.45) is 0 Å². The molecule has 29 heavy (non-hydrogen) atoms. The maximum atomic E-state index is 12.9. The minimum absolute atomic E-state index is 0.0268. The van der Waals surface area contributed by atoms with Crippen LogP contribution in [0.2, 0.25) is 20.1 Å². The van der Waals surface area contributed by atoms with Gasteiger partial charge >= 0.3 is 0 Å². The van der Waals surface area contributed by atoms with Gasteiger partial charge in [-0.3, -0.25) is 4.55 Å². The third-order valence-corrected chi connectivity index (χ3v) is 6.92.